The average molecular weight is 258 g/mol. The van der Waals surface area contributed by atoms with Crippen molar-refractivity contribution in [3.05, 3.63) is 9.47 Å². The molecule has 0 saturated carbocycles. The summed E-state index contributed by atoms with van der Waals surface area (Å²) in [5.41, 5.74) is 0. The van der Waals surface area contributed by atoms with Crippen LogP contribution in [0, 0.1) is 0 Å². The number of aliphatic hydroxyl groups is 1. The number of rotatable bonds is 3. The molecule has 0 aromatic carbocycles. The van der Waals surface area contributed by atoms with Crippen molar-refractivity contribution in [1.82, 2.24) is 0 Å². The predicted molar refractivity (Wildman–Crippen MR) is 46.9 cm³/mol. The minimum Gasteiger partial charge on any atom is -0.389 e. The van der Waals surface area contributed by atoms with Crippen LogP contribution in [-0.4, -0.2) is 11.2 Å². The van der Waals surface area contributed by atoms with Crippen molar-refractivity contribution in [2.75, 3.05) is 0 Å². The van der Waals surface area contributed by atoms with Gasteiger partial charge in [-0.3, -0.25) is 0 Å². The van der Waals surface area contributed by atoms with Gasteiger partial charge >= 0.3 is 0 Å². The van der Waals surface area contributed by atoms with E-state index in [9.17, 15) is 0 Å². The molecule has 1 nitrogen and oxygen atoms in total. The van der Waals surface area contributed by atoms with Gasteiger partial charge in [-0.05, 0) is 44.4 Å². The van der Waals surface area contributed by atoms with Crippen molar-refractivity contribution in [2.45, 2.75) is 25.9 Å². The summed E-state index contributed by atoms with van der Waals surface area (Å²) in [6.07, 6.45) is 3.23. The van der Waals surface area contributed by atoms with Crippen LogP contribution in [0.4, 0.5) is 0 Å². The highest BCUT2D eigenvalue weighted by Gasteiger charge is 1.96. The molecule has 0 aliphatic heterocycles. The molecule has 0 heterocycles. The Kier molecular flexibility index (Phi) is 5.84. The minimum atomic E-state index is -0.316. The molecule has 0 aliphatic rings. The number of halogens is 2. The lowest BCUT2D eigenvalue weighted by atomic mass is 10.2. The van der Waals surface area contributed by atoms with Crippen LogP contribution in [0.5, 0.6) is 0 Å². The fourth-order valence-corrected chi connectivity index (χ4v) is 1.13. The van der Waals surface area contributed by atoms with Gasteiger partial charge < -0.3 is 5.11 Å². The molecular weight excluding hydrogens is 248 g/mol. The van der Waals surface area contributed by atoms with Gasteiger partial charge in [-0.25, -0.2) is 0 Å². The lowest BCUT2D eigenvalue weighted by Crippen LogP contribution is -1.99. The highest BCUT2D eigenvalue weighted by atomic mass is 79.9. The third-order valence-electron chi connectivity index (χ3n) is 0.903. The summed E-state index contributed by atoms with van der Waals surface area (Å²) in [7, 11) is 0. The molecule has 0 aliphatic carbocycles. The van der Waals surface area contributed by atoms with Crippen molar-refractivity contribution >= 4 is 31.9 Å². The van der Waals surface area contributed by atoms with Crippen LogP contribution in [0.15, 0.2) is 9.47 Å². The second kappa shape index (κ2) is 5.45. The zero-order valence-corrected chi connectivity index (χ0v) is 8.44. The van der Waals surface area contributed by atoms with Crippen LogP contribution in [0.2, 0.25) is 0 Å². The standard InChI is InChI=1S/C6H10Br2O/c1-2-3-5(9)4-6(7)8/h4-5,9H,2-3H2,1H3. The first-order valence-electron chi connectivity index (χ1n) is 2.87. The zero-order valence-electron chi connectivity index (χ0n) is 5.27. The fourth-order valence-electron chi connectivity index (χ4n) is 0.525. The van der Waals surface area contributed by atoms with Gasteiger partial charge in [0.2, 0.25) is 0 Å². The van der Waals surface area contributed by atoms with E-state index in [-0.39, 0.29) is 6.10 Å². The van der Waals surface area contributed by atoms with E-state index in [1.165, 1.54) is 0 Å². The molecule has 3 heteroatoms. The summed E-state index contributed by atoms with van der Waals surface area (Å²) in [4.78, 5) is 0. The summed E-state index contributed by atoms with van der Waals surface area (Å²) < 4.78 is 0.816. The maximum Gasteiger partial charge on any atom is 0.0739 e. The maximum absolute atomic E-state index is 9.08. The average Bonchev–Trinajstić information content (AvgIpc) is 1.63. The van der Waals surface area contributed by atoms with Crippen LogP contribution >= 0.6 is 31.9 Å². The van der Waals surface area contributed by atoms with Crippen molar-refractivity contribution in [3.63, 3.8) is 0 Å². The summed E-state index contributed by atoms with van der Waals surface area (Å²) in [6.45, 7) is 2.04. The topological polar surface area (TPSA) is 20.2 Å². The molecule has 0 amide bonds. The molecule has 0 aromatic heterocycles. The van der Waals surface area contributed by atoms with E-state index in [4.69, 9.17) is 5.11 Å². The Morgan fingerprint density at radius 1 is 1.67 bits per heavy atom. The van der Waals surface area contributed by atoms with E-state index in [1.807, 2.05) is 6.92 Å². The van der Waals surface area contributed by atoms with Crippen LogP contribution < -0.4 is 0 Å². The third kappa shape index (κ3) is 6.55. The molecule has 0 radical (unpaired) electrons. The Morgan fingerprint density at radius 2 is 2.22 bits per heavy atom. The van der Waals surface area contributed by atoms with Crippen molar-refractivity contribution < 1.29 is 5.11 Å². The van der Waals surface area contributed by atoms with Gasteiger partial charge in [0, 0.05) is 0 Å². The highest BCUT2D eigenvalue weighted by molar-refractivity contribution is 9.28. The lowest BCUT2D eigenvalue weighted by molar-refractivity contribution is 0.212. The molecule has 1 N–H and O–H groups in total. The first-order valence-corrected chi connectivity index (χ1v) is 4.46. The van der Waals surface area contributed by atoms with Crippen LogP contribution in [-0.2, 0) is 0 Å². The van der Waals surface area contributed by atoms with E-state index in [0.29, 0.717) is 0 Å². The molecule has 0 aromatic rings. The largest absolute Gasteiger partial charge is 0.389 e. The molecular formula is C6H10Br2O. The minimum absolute atomic E-state index is 0.316. The maximum atomic E-state index is 9.08. The molecule has 0 rings (SSSR count). The van der Waals surface area contributed by atoms with Gasteiger partial charge in [0.1, 0.15) is 0 Å². The van der Waals surface area contributed by atoms with Crippen LogP contribution in [0.25, 0.3) is 0 Å². The predicted octanol–water partition coefficient (Wildman–Crippen LogP) is 2.78. The molecule has 54 valence electrons. The number of hydrogen-bond acceptors (Lipinski definition) is 1. The molecule has 0 saturated heterocycles. The fraction of sp³-hybridized carbons (Fsp3) is 0.667. The van der Waals surface area contributed by atoms with E-state index in [0.717, 1.165) is 16.2 Å². The van der Waals surface area contributed by atoms with Crippen LogP contribution in [0.3, 0.4) is 0 Å². The van der Waals surface area contributed by atoms with Crippen molar-refractivity contribution in [2.24, 2.45) is 0 Å². The Bertz CT molecular complexity index is 97.2. The Balaban J connectivity index is 3.49. The lowest BCUT2D eigenvalue weighted by Gasteiger charge is -2.00. The van der Waals surface area contributed by atoms with Gasteiger partial charge in [0.15, 0.2) is 0 Å². The molecule has 9 heavy (non-hydrogen) atoms. The quantitative estimate of drug-likeness (QED) is 0.825. The van der Waals surface area contributed by atoms with E-state index in [2.05, 4.69) is 31.9 Å². The second-order valence-electron chi connectivity index (χ2n) is 1.81. The van der Waals surface area contributed by atoms with Gasteiger partial charge in [-0.15, -0.1) is 0 Å². The van der Waals surface area contributed by atoms with Gasteiger partial charge in [0.05, 0.1) is 9.50 Å². The van der Waals surface area contributed by atoms with Crippen molar-refractivity contribution in [3.8, 4) is 0 Å². The summed E-state index contributed by atoms with van der Waals surface area (Å²) in [5.74, 6) is 0. The molecule has 0 spiro atoms. The number of hydrogen-bond donors (Lipinski definition) is 1. The molecule has 1 unspecified atom stereocenters. The van der Waals surface area contributed by atoms with E-state index < -0.39 is 0 Å². The Hall–Kier alpha value is 0.660. The molecule has 0 fully saturated rings. The smallest absolute Gasteiger partial charge is 0.0739 e. The Labute approximate surface area is 72.4 Å². The highest BCUT2D eigenvalue weighted by Crippen LogP contribution is 2.14. The summed E-state index contributed by atoms with van der Waals surface area (Å²) in [6, 6.07) is 0. The van der Waals surface area contributed by atoms with Crippen LogP contribution in [0.1, 0.15) is 19.8 Å². The van der Waals surface area contributed by atoms with Gasteiger partial charge in [-0.1, -0.05) is 13.3 Å². The first-order chi connectivity index (χ1) is 4.16. The Morgan fingerprint density at radius 3 is 2.56 bits per heavy atom. The van der Waals surface area contributed by atoms with E-state index in [1.54, 1.807) is 6.08 Å². The zero-order chi connectivity index (χ0) is 7.28. The summed E-state index contributed by atoms with van der Waals surface area (Å²) in [5, 5.41) is 9.08. The van der Waals surface area contributed by atoms with Gasteiger partial charge in [0.25, 0.3) is 0 Å². The third-order valence-corrected chi connectivity index (χ3v) is 1.43. The van der Waals surface area contributed by atoms with Gasteiger partial charge in [-0.2, -0.15) is 0 Å². The SMILES string of the molecule is CCCC(O)C=C(Br)Br. The summed E-state index contributed by atoms with van der Waals surface area (Å²) >= 11 is 6.33. The normalized spacial score (nSPS) is 12.9. The molecule has 1 atom stereocenters. The van der Waals surface area contributed by atoms with Crippen molar-refractivity contribution in [1.29, 1.82) is 0 Å². The monoisotopic (exact) mass is 256 g/mol. The first kappa shape index (κ1) is 9.66. The second-order valence-corrected chi connectivity index (χ2v) is 4.59. The van der Waals surface area contributed by atoms with E-state index >= 15 is 0 Å². The molecule has 0 bridgehead atoms. The number of aliphatic hydroxyl groups excluding tert-OH is 1.